The second kappa shape index (κ2) is 6.55. The third-order valence-corrected chi connectivity index (χ3v) is 4.01. The summed E-state index contributed by atoms with van der Waals surface area (Å²) in [5.74, 6) is 0.229. The molecule has 19 heavy (non-hydrogen) atoms. The standard InChI is InChI=1S/C14H10Br2ClNO/c15-11-4-5-12(16)13(7-11)18-14(19)10-3-1-2-9(6-10)8-17/h1-7H,8H2,(H,18,19). The molecule has 0 spiro atoms. The third kappa shape index (κ3) is 3.81. The molecule has 1 amide bonds. The molecular weight excluding hydrogens is 393 g/mol. The predicted octanol–water partition coefficient (Wildman–Crippen LogP) is 5.20. The topological polar surface area (TPSA) is 29.1 Å². The fourth-order valence-corrected chi connectivity index (χ4v) is 2.46. The van der Waals surface area contributed by atoms with E-state index < -0.39 is 0 Å². The maximum Gasteiger partial charge on any atom is 0.255 e. The lowest BCUT2D eigenvalue weighted by Gasteiger charge is -2.08. The van der Waals surface area contributed by atoms with E-state index >= 15 is 0 Å². The molecule has 2 aromatic carbocycles. The lowest BCUT2D eigenvalue weighted by molar-refractivity contribution is 0.102. The second-order valence-corrected chi connectivity index (χ2v) is 5.95. The normalized spacial score (nSPS) is 10.3. The number of anilines is 1. The summed E-state index contributed by atoms with van der Waals surface area (Å²) in [5.41, 5.74) is 2.23. The Bertz CT molecular complexity index is 616. The molecule has 0 aromatic heterocycles. The van der Waals surface area contributed by atoms with E-state index in [1.807, 2.05) is 30.3 Å². The van der Waals surface area contributed by atoms with Crippen LogP contribution in [0.2, 0.25) is 0 Å². The smallest absolute Gasteiger partial charge is 0.255 e. The van der Waals surface area contributed by atoms with Gasteiger partial charge in [0, 0.05) is 20.4 Å². The summed E-state index contributed by atoms with van der Waals surface area (Å²) in [6.45, 7) is 0. The van der Waals surface area contributed by atoms with Crippen LogP contribution in [0.25, 0.3) is 0 Å². The van der Waals surface area contributed by atoms with Crippen molar-refractivity contribution < 1.29 is 4.79 Å². The average molecular weight is 404 g/mol. The molecular formula is C14H10Br2ClNO. The Morgan fingerprint density at radius 3 is 2.68 bits per heavy atom. The van der Waals surface area contributed by atoms with Crippen LogP contribution < -0.4 is 5.32 Å². The number of rotatable bonds is 3. The van der Waals surface area contributed by atoms with Gasteiger partial charge in [0.15, 0.2) is 0 Å². The SMILES string of the molecule is O=C(Nc1cc(Br)ccc1Br)c1cccc(CCl)c1. The monoisotopic (exact) mass is 401 g/mol. The van der Waals surface area contributed by atoms with Gasteiger partial charge in [0.05, 0.1) is 5.69 Å². The molecule has 2 nitrogen and oxygen atoms in total. The molecule has 0 bridgehead atoms. The summed E-state index contributed by atoms with van der Waals surface area (Å²) in [5, 5.41) is 2.86. The van der Waals surface area contributed by atoms with E-state index in [1.165, 1.54) is 0 Å². The number of carbonyl (C=O) groups excluding carboxylic acids is 1. The van der Waals surface area contributed by atoms with Crippen molar-refractivity contribution in [2.75, 3.05) is 5.32 Å². The lowest BCUT2D eigenvalue weighted by Crippen LogP contribution is -2.12. The van der Waals surface area contributed by atoms with Crippen LogP contribution in [-0.4, -0.2) is 5.91 Å². The highest BCUT2D eigenvalue weighted by Crippen LogP contribution is 2.26. The minimum atomic E-state index is -0.161. The van der Waals surface area contributed by atoms with Gasteiger partial charge in [-0.05, 0) is 51.8 Å². The Hall–Kier alpha value is -0.840. The van der Waals surface area contributed by atoms with E-state index in [-0.39, 0.29) is 5.91 Å². The minimum absolute atomic E-state index is 0.161. The van der Waals surface area contributed by atoms with Crippen molar-refractivity contribution >= 4 is 55.1 Å². The predicted molar refractivity (Wildman–Crippen MR) is 85.8 cm³/mol. The summed E-state index contributed by atoms with van der Waals surface area (Å²) in [7, 11) is 0. The van der Waals surface area contributed by atoms with E-state index in [0.717, 1.165) is 20.2 Å². The number of halogens is 3. The highest BCUT2D eigenvalue weighted by molar-refractivity contribution is 9.11. The van der Waals surface area contributed by atoms with Crippen LogP contribution in [0.15, 0.2) is 51.4 Å². The molecule has 0 aliphatic heterocycles. The average Bonchev–Trinajstić information content (AvgIpc) is 2.43. The minimum Gasteiger partial charge on any atom is -0.321 e. The van der Waals surface area contributed by atoms with Crippen LogP contribution in [0, 0.1) is 0 Å². The Kier molecular flexibility index (Phi) is 5.02. The summed E-state index contributed by atoms with van der Waals surface area (Å²) in [4.78, 5) is 12.2. The molecule has 0 atom stereocenters. The van der Waals surface area contributed by atoms with Crippen molar-refractivity contribution in [3.05, 3.63) is 62.5 Å². The van der Waals surface area contributed by atoms with Gasteiger partial charge in [0.25, 0.3) is 5.91 Å². The van der Waals surface area contributed by atoms with Crippen LogP contribution in [0.5, 0.6) is 0 Å². The first-order valence-corrected chi connectivity index (χ1v) is 7.63. The zero-order valence-electron chi connectivity index (χ0n) is 9.79. The maximum absolute atomic E-state index is 12.2. The first-order chi connectivity index (χ1) is 9.10. The summed E-state index contributed by atoms with van der Waals surface area (Å²) in [6, 6.07) is 12.9. The van der Waals surface area contributed by atoms with E-state index in [0.29, 0.717) is 11.4 Å². The molecule has 5 heteroatoms. The number of benzene rings is 2. The molecule has 0 unspecified atom stereocenters. The quantitative estimate of drug-likeness (QED) is 0.701. The van der Waals surface area contributed by atoms with Crippen LogP contribution in [0.1, 0.15) is 15.9 Å². The van der Waals surface area contributed by atoms with Gasteiger partial charge in [-0.15, -0.1) is 11.6 Å². The van der Waals surface area contributed by atoms with E-state index in [9.17, 15) is 4.79 Å². The second-order valence-electron chi connectivity index (χ2n) is 3.91. The van der Waals surface area contributed by atoms with Crippen molar-refractivity contribution in [3.63, 3.8) is 0 Å². The Labute approximate surface area is 133 Å². The Morgan fingerprint density at radius 2 is 1.95 bits per heavy atom. The molecule has 1 N–H and O–H groups in total. The summed E-state index contributed by atoms with van der Waals surface area (Å²) >= 11 is 12.5. The Morgan fingerprint density at radius 1 is 1.16 bits per heavy atom. The molecule has 0 heterocycles. The first-order valence-electron chi connectivity index (χ1n) is 5.51. The molecule has 0 aliphatic rings. The molecule has 0 saturated heterocycles. The van der Waals surface area contributed by atoms with Gasteiger partial charge in [0.1, 0.15) is 0 Å². The van der Waals surface area contributed by atoms with E-state index in [2.05, 4.69) is 37.2 Å². The van der Waals surface area contributed by atoms with Crippen LogP contribution >= 0.6 is 43.5 Å². The van der Waals surface area contributed by atoms with Gasteiger partial charge < -0.3 is 5.32 Å². The third-order valence-electron chi connectivity index (χ3n) is 2.52. The van der Waals surface area contributed by atoms with Gasteiger partial charge in [-0.25, -0.2) is 0 Å². The number of nitrogens with one attached hydrogen (secondary N) is 1. The highest BCUT2D eigenvalue weighted by atomic mass is 79.9. The molecule has 0 radical (unpaired) electrons. The lowest BCUT2D eigenvalue weighted by atomic mass is 10.1. The summed E-state index contributed by atoms with van der Waals surface area (Å²) < 4.78 is 1.73. The van der Waals surface area contributed by atoms with Crippen LogP contribution in [0.3, 0.4) is 0 Å². The number of hydrogen-bond acceptors (Lipinski definition) is 1. The van der Waals surface area contributed by atoms with E-state index in [1.54, 1.807) is 12.1 Å². The highest BCUT2D eigenvalue weighted by Gasteiger charge is 2.09. The van der Waals surface area contributed by atoms with Gasteiger partial charge in [-0.1, -0.05) is 28.1 Å². The number of carbonyl (C=O) groups is 1. The van der Waals surface area contributed by atoms with Crippen LogP contribution in [0.4, 0.5) is 5.69 Å². The van der Waals surface area contributed by atoms with Crippen molar-refractivity contribution in [1.82, 2.24) is 0 Å². The molecule has 2 rings (SSSR count). The van der Waals surface area contributed by atoms with Crippen LogP contribution in [-0.2, 0) is 5.88 Å². The van der Waals surface area contributed by atoms with Gasteiger partial charge >= 0.3 is 0 Å². The van der Waals surface area contributed by atoms with Gasteiger partial charge in [-0.3, -0.25) is 4.79 Å². The zero-order chi connectivity index (χ0) is 13.8. The molecule has 98 valence electrons. The molecule has 0 aliphatic carbocycles. The van der Waals surface area contributed by atoms with Crippen molar-refractivity contribution in [1.29, 1.82) is 0 Å². The molecule has 2 aromatic rings. The largest absolute Gasteiger partial charge is 0.321 e. The first kappa shape index (κ1) is 14.6. The number of alkyl halides is 1. The Balaban J connectivity index is 2.22. The number of amides is 1. The van der Waals surface area contributed by atoms with Crippen molar-refractivity contribution in [3.8, 4) is 0 Å². The van der Waals surface area contributed by atoms with Crippen molar-refractivity contribution in [2.24, 2.45) is 0 Å². The van der Waals surface area contributed by atoms with Gasteiger partial charge in [-0.2, -0.15) is 0 Å². The number of hydrogen-bond donors (Lipinski definition) is 1. The summed E-state index contributed by atoms with van der Waals surface area (Å²) in [6.07, 6.45) is 0. The maximum atomic E-state index is 12.2. The zero-order valence-corrected chi connectivity index (χ0v) is 13.7. The fourth-order valence-electron chi connectivity index (χ4n) is 1.58. The molecule has 0 fully saturated rings. The molecule has 0 saturated carbocycles. The van der Waals surface area contributed by atoms with Crippen molar-refractivity contribution in [2.45, 2.75) is 5.88 Å². The van der Waals surface area contributed by atoms with E-state index in [4.69, 9.17) is 11.6 Å². The van der Waals surface area contributed by atoms with Gasteiger partial charge in [0.2, 0.25) is 0 Å². The fraction of sp³-hybridized carbons (Fsp3) is 0.0714.